The van der Waals surface area contributed by atoms with Crippen molar-refractivity contribution in [2.24, 2.45) is 0 Å². The second-order valence-corrected chi connectivity index (χ2v) is 5.98. The van der Waals surface area contributed by atoms with Crippen LogP contribution in [0.3, 0.4) is 0 Å². The molecular weight excluding hydrogens is 320 g/mol. The Labute approximate surface area is 144 Å². The highest BCUT2D eigenvalue weighted by atomic mass is 16.5. The molecule has 3 aromatic rings. The summed E-state index contributed by atoms with van der Waals surface area (Å²) in [5, 5.41) is 8.09. The molecule has 1 unspecified atom stereocenters. The maximum atomic E-state index is 12.6. The second-order valence-electron chi connectivity index (χ2n) is 5.98. The molecule has 128 valence electrons. The van der Waals surface area contributed by atoms with Gasteiger partial charge in [-0.1, -0.05) is 35.5 Å². The molecule has 3 heterocycles. The zero-order chi connectivity index (χ0) is 17.1. The number of carbonyl (C=O) groups excluding carboxylic acids is 1. The van der Waals surface area contributed by atoms with Gasteiger partial charge in [0.2, 0.25) is 17.6 Å². The molecular formula is C17H18N6O2. The molecule has 4 rings (SSSR count). The maximum Gasteiger partial charge on any atom is 0.249 e. The first kappa shape index (κ1) is 15.5. The molecule has 1 aliphatic heterocycles. The van der Waals surface area contributed by atoms with Gasteiger partial charge in [0.15, 0.2) is 0 Å². The van der Waals surface area contributed by atoms with E-state index in [0.29, 0.717) is 31.2 Å². The number of aromatic nitrogens is 5. The SMILES string of the molecule is O=C(CCn1cncn1)N1CCCC1c1nc(-c2ccccc2)no1. The number of benzene rings is 1. The Morgan fingerprint density at radius 3 is 2.96 bits per heavy atom. The summed E-state index contributed by atoms with van der Waals surface area (Å²) in [6, 6.07) is 9.53. The van der Waals surface area contributed by atoms with E-state index >= 15 is 0 Å². The van der Waals surface area contributed by atoms with Gasteiger partial charge in [-0.15, -0.1) is 0 Å². The number of hydrogen-bond acceptors (Lipinski definition) is 6. The Bertz CT molecular complexity index is 830. The fourth-order valence-corrected chi connectivity index (χ4v) is 3.10. The highest BCUT2D eigenvalue weighted by Gasteiger charge is 2.33. The molecule has 25 heavy (non-hydrogen) atoms. The normalized spacial score (nSPS) is 17.1. The molecule has 1 amide bonds. The Balaban J connectivity index is 1.46. The zero-order valence-corrected chi connectivity index (χ0v) is 13.7. The molecule has 0 radical (unpaired) electrons. The number of amides is 1. The van der Waals surface area contributed by atoms with Crippen LogP contribution in [0.1, 0.15) is 31.2 Å². The second kappa shape index (κ2) is 6.84. The summed E-state index contributed by atoms with van der Waals surface area (Å²) in [7, 11) is 0. The predicted molar refractivity (Wildman–Crippen MR) is 88.1 cm³/mol. The van der Waals surface area contributed by atoms with Gasteiger partial charge in [-0.3, -0.25) is 9.48 Å². The van der Waals surface area contributed by atoms with Gasteiger partial charge < -0.3 is 9.42 Å². The molecule has 1 fully saturated rings. The van der Waals surface area contributed by atoms with E-state index in [4.69, 9.17) is 4.52 Å². The Hall–Kier alpha value is -3.03. The van der Waals surface area contributed by atoms with Crippen LogP contribution in [0.2, 0.25) is 0 Å². The lowest BCUT2D eigenvalue weighted by atomic mass is 10.2. The quantitative estimate of drug-likeness (QED) is 0.707. The molecule has 0 saturated carbocycles. The van der Waals surface area contributed by atoms with Crippen molar-refractivity contribution in [2.45, 2.75) is 31.8 Å². The average molecular weight is 338 g/mol. The van der Waals surface area contributed by atoms with Gasteiger partial charge in [-0.25, -0.2) is 4.98 Å². The maximum absolute atomic E-state index is 12.6. The lowest BCUT2D eigenvalue weighted by molar-refractivity contribution is -0.132. The highest BCUT2D eigenvalue weighted by Crippen LogP contribution is 2.32. The summed E-state index contributed by atoms with van der Waals surface area (Å²) < 4.78 is 7.11. The van der Waals surface area contributed by atoms with Crippen molar-refractivity contribution < 1.29 is 9.32 Å². The topological polar surface area (TPSA) is 89.9 Å². The van der Waals surface area contributed by atoms with Crippen molar-refractivity contribution in [3.63, 3.8) is 0 Å². The number of carbonyl (C=O) groups is 1. The summed E-state index contributed by atoms with van der Waals surface area (Å²) in [6.45, 7) is 1.23. The van der Waals surface area contributed by atoms with Gasteiger partial charge in [0, 0.05) is 18.5 Å². The number of nitrogens with zero attached hydrogens (tertiary/aromatic N) is 6. The lowest BCUT2D eigenvalue weighted by Crippen LogP contribution is -2.31. The third-order valence-corrected chi connectivity index (χ3v) is 4.35. The Morgan fingerprint density at radius 2 is 2.16 bits per heavy atom. The largest absolute Gasteiger partial charge is 0.337 e. The summed E-state index contributed by atoms with van der Waals surface area (Å²) in [4.78, 5) is 22.8. The van der Waals surface area contributed by atoms with E-state index in [1.165, 1.54) is 6.33 Å². The lowest BCUT2D eigenvalue weighted by Gasteiger charge is -2.21. The van der Waals surface area contributed by atoms with Crippen molar-refractivity contribution >= 4 is 5.91 Å². The van der Waals surface area contributed by atoms with E-state index in [-0.39, 0.29) is 11.9 Å². The summed E-state index contributed by atoms with van der Waals surface area (Å²) >= 11 is 0. The van der Waals surface area contributed by atoms with Crippen LogP contribution in [0.4, 0.5) is 0 Å². The van der Waals surface area contributed by atoms with Crippen molar-refractivity contribution in [2.75, 3.05) is 6.54 Å². The minimum atomic E-state index is -0.145. The first-order valence-electron chi connectivity index (χ1n) is 8.32. The van der Waals surface area contributed by atoms with Crippen LogP contribution in [-0.4, -0.2) is 42.3 Å². The van der Waals surface area contributed by atoms with E-state index in [1.807, 2.05) is 35.2 Å². The predicted octanol–water partition coefficient (Wildman–Crippen LogP) is 2.08. The third kappa shape index (κ3) is 3.28. The summed E-state index contributed by atoms with van der Waals surface area (Å²) in [5.41, 5.74) is 0.902. The molecule has 1 saturated heterocycles. The molecule has 0 N–H and O–H groups in total. The minimum Gasteiger partial charge on any atom is -0.337 e. The van der Waals surface area contributed by atoms with Gasteiger partial charge in [0.05, 0.1) is 6.54 Å². The van der Waals surface area contributed by atoms with Gasteiger partial charge >= 0.3 is 0 Å². The van der Waals surface area contributed by atoms with Crippen molar-refractivity contribution in [3.05, 3.63) is 48.9 Å². The molecule has 8 nitrogen and oxygen atoms in total. The first-order chi connectivity index (χ1) is 12.3. The van der Waals surface area contributed by atoms with Crippen molar-refractivity contribution in [3.8, 4) is 11.4 Å². The van der Waals surface area contributed by atoms with E-state index in [1.54, 1.807) is 11.0 Å². The number of rotatable bonds is 5. The Kier molecular flexibility index (Phi) is 4.24. The minimum absolute atomic E-state index is 0.0671. The van der Waals surface area contributed by atoms with Crippen molar-refractivity contribution in [1.29, 1.82) is 0 Å². The van der Waals surface area contributed by atoms with Crippen LogP contribution in [-0.2, 0) is 11.3 Å². The van der Waals surface area contributed by atoms with Crippen LogP contribution in [0.5, 0.6) is 0 Å². The zero-order valence-electron chi connectivity index (χ0n) is 13.7. The molecule has 1 aliphatic rings. The highest BCUT2D eigenvalue weighted by molar-refractivity contribution is 5.76. The van der Waals surface area contributed by atoms with Crippen LogP contribution in [0.15, 0.2) is 47.5 Å². The number of likely N-dealkylation sites (tertiary alicyclic amines) is 1. The van der Waals surface area contributed by atoms with Crippen LogP contribution in [0, 0.1) is 0 Å². The van der Waals surface area contributed by atoms with Gasteiger partial charge in [0.1, 0.15) is 18.7 Å². The molecule has 0 bridgehead atoms. The van der Waals surface area contributed by atoms with Gasteiger partial charge in [0.25, 0.3) is 0 Å². The molecule has 0 spiro atoms. The summed E-state index contributed by atoms with van der Waals surface area (Å²) in [6.07, 6.45) is 5.22. The van der Waals surface area contributed by atoms with Crippen molar-refractivity contribution in [1.82, 2.24) is 29.8 Å². The number of hydrogen-bond donors (Lipinski definition) is 0. The van der Waals surface area contributed by atoms with Gasteiger partial charge in [-0.05, 0) is 12.8 Å². The fraction of sp³-hybridized carbons (Fsp3) is 0.353. The van der Waals surface area contributed by atoms with Crippen LogP contribution >= 0.6 is 0 Å². The number of aryl methyl sites for hydroxylation is 1. The van der Waals surface area contributed by atoms with E-state index in [9.17, 15) is 4.79 Å². The van der Waals surface area contributed by atoms with E-state index < -0.39 is 0 Å². The van der Waals surface area contributed by atoms with Crippen LogP contribution < -0.4 is 0 Å². The molecule has 8 heteroatoms. The Morgan fingerprint density at radius 1 is 1.28 bits per heavy atom. The van der Waals surface area contributed by atoms with Crippen LogP contribution in [0.25, 0.3) is 11.4 Å². The van der Waals surface area contributed by atoms with E-state index in [2.05, 4.69) is 20.2 Å². The molecule has 1 atom stereocenters. The monoisotopic (exact) mass is 338 g/mol. The van der Waals surface area contributed by atoms with Gasteiger partial charge in [-0.2, -0.15) is 10.1 Å². The average Bonchev–Trinajstić information content (AvgIpc) is 3.41. The fourth-order valence-electron chi connectivity index (χ4n) is 3.10. The summed E-state index contributed by atoms with van der Waals surface area (Å²) in [5.74, 6) is 1.13. The molecule has 1 aromatic carbocycles. The van der Waals surface area contributed by atoms with E-state index in [0.717, 1.165) is 18.4 Å². The molecule has 2 aromatic heterocycles. The molecule has 0 aliphatic carbocycles. The standard InChI is InChI=1S/C17H18N6O2/c24-15(8-10-22-12-18-11-19-22)23-9-4-7-14(23)17-20-16(21-25-17)13-5-2-1-3-6-13/h1-3,5-6,11-12,14H,4,7-10H2. The third-order valence-electron chi connectivity index (χ3n) is 4.35. The smallest absolute Gasteiger partial charge is 0.249 e. The first-order valence-corrected chi connectivity index (χ1v) is 8.32.